The van der Waals surface area contributed by atoms with Crippen LogP contribution in [0.4, 0.5) is 0 Å². The van der Waals surface area contributed by atoms with Gasteiger partial charge in [-0.3, -0.25) is 9.89 Å². The van der Waals surface area contributed by atoms with Crippen LogP contribution in [0.15, 0.2) is 60.7 Å². The van der Waals surface area contributed by atoms with Crippen LogP contribution in [0.1, 0.15) is 64.1 Å². The number of carbonyl (C=O) groups is 1. The molecule has 1 aromatic heterocycles. The van der Waals surface area contributed by atoms with Crippen LogP contribution < -0.4 is 9.47 Å². The predicted molar refractivity (Wildman–Crippen MR) is 152 cm³/mol. The van der Waals surface area contributed by atoms with E-state index in [0.717, 1.165) is 52.2 Å². The van der Waals surface area contributed by atoms with Crippen molar-refractivity contribution in [3.8, 4) is 28.5 Å². The normalized spacial score (nSPS) is 14.5. The molecule has 2 heterocycles. The van der Waals surface area contributed by atoms with Gasteiger partial charge in [0, 0.05) is 17.7 Å². The van der Waals surface area contributed by atoms with Gasteiger partial charge in [0.05, 0.1) is 19.8 Å². The molecule has 0 bridgehead atoms. The summed E-state index contributed by atoms with van der Waals surface area (Å²) in [4.78, 5) is 15.7. The third-order valence-electron chi connectivity index (χ3n) is 7.32. The number of fused-ring (bicyclic) bond motifs is 1. The zero-order chi connectivity index (χ0) is 27.5. The van der Waals surface area contributed by atoms with Crippen molar-refractivity contribution >= 4 is 5.91 Å². The number of benzene rings is 3. The zero-order valence-corrected chi connectivity index (χ0v) is 23.0. The van der Waals surface area contributed by atoms with E-state index in [4.69, 9.17) is 9.47 Å². The number of ether oxygens (including phenoxy) is 2. The van der Waals surface area contributed by atoms with Crippen molar-refractivity contribution < 1.29 is 19.4 Å². The van der Waals surface area contributed by atoms with Crippen molar-refractivity contribution in [2.45, 2.75) is 46.1 Å². The molecule has 1 aliphatic rings. The van der Waals surface area contributed by atoms with Gasteiger partial charge in [-0.15, -0.1) is 0 Å². The molecule has 1 amide bonds. The first-order chi connectivity index (χ1) is 18.9. The molecule has 39 heavy (non-hydrogen) atoms. The number of nitrogens with one attached hydrogen (secondary N) is 1. The number of carbonyl (C=O) groups excluding carboxylic acids is 1. The largest absolute Gasteiger partial charge is 0.507 e. The maximum Gasteiger partial charge on any atom is 0.273 e. The monoisotopic (exact) mass is 525 g/mol. The lowest BCUT2D eigenvalue weighted by Crippen LogP contribution is -2.31. The number of hydrogen-bond donors (Lipinski definition) is 2. The Balaban J connectivity index is 1.53. The smallest absolute Gasteiger partial charge is 0.273 e. The molecule has 1 atom stereocenters. The zero-order valence-electron chi connectivity index (χ0n) is 23.0. The predicted octanol–water partition coefficient (Wildman–Crippen LogP) is 6.37. The molecule has 3 aromatic carbocycles. The van der Waals surface area contributed by atoms with E-state index in [9.17, 15) is 9.90 Å². The standard InChI is InChI=1S/C32H35N3O4/c1-5-6-17-39-25-13-9-23(10-14-25)31-28-29(27-21(3)18-20(2)19-26(27)36)33-34-30(28)32(37)35(31)16-15-22-7-11-24(38-4)12-8-22/h7-14,18-19,31,36H,5-6,15-17H2,1-4H3,(H,33,34). The van der Waals surface area contributed by atoms with E-state index in [-0.39, 0.29) is 17.7 Å². The summed E-state index contributed by atoms with van der Waals surface area (Å²) in [6.07, 6.45) is 2.76. The topological polar surface area (TPSA) is 87.7 Å². The summed E-state index contributed by atoms with van der Waals surface area (Å²) >= 11 is 0. The van der Waals surface area contributed by atoms with Gasteiger partial charge < -0.3 is 19.5 Å². The van der Waals surface area contributed by atoms with Crippen molar-refractivity contribution in [1.82, 2.24) is 15.1 Å². The SMILES string of the molecule is CCCCOc1ccc(C2c3c(-c4c(C)cc(C)cc4O)n[nH]c3C(=O)N2CCc2ccc(OC)cc2)cc1. The number of unbranched alkanes of at least 4 members (excludes halogenated alkanes) is 1. The third kappa shape index (κ3) is 5.21. The Labute approximate surface area is 229 Å². The lowest BCUT2D eigenvalue weighted by molar-refractivity contribution is 0.0746. The fourth-order valence-electron chi connectivity index (χ4n) is 5.34. The van der Waals surface area contributed by atoms with Gasteiger partial charge >= 0.3 is 0 Å². The highest BCUT2D eigenvalue weighted by atomic mass is 16.5. The van der Waals surface area contributed by atoms with E-state index in [1.54, 1.807) is 13.2 Å². The Kier molecular flexibility index (Phi) is 7.59. The van der Waals surface area contributed by atoms with Crippen LogP contribution in [0.5, 0.6) is 17.2 Å². The number of rotatable bonds is 10. The molecule has 202 valence electrons. The molecule has 1 unspecified atom stereocenters. The van der Waals surface area contributed by atoms with E-state index in [1.807, 2.05) is 73.3 Å². The molecule has 0 fully saturated rings. The van der Waals surface area contributed by atoms with Crippen LogP contribution in [-0.4, -0.2) is 46.4 Å². The molecule has 7 heteroatoms. The Morgan fingerprint density at radius 3 is 2.41 bits per heavy atom. The van der Waals surface area contributed by atoms with E-state index in [1.165, 1.54) is 0 Å². The van der Waals surface area contributed by atoms with Crippen LogP contribution in [0, 0.1) is 13.8 Å². The first-order valence-electron chi connectivity index (χ1n) is 13.5. The van der Waals surface area contributed by atoms with E-state index >= 15 is 0 Å². The molecule has 2 N–H and O–H groups in total. The Bertz CT molecular complexity index is 1440. The highest BCUT2D eigenvalue weighted by molar-refractivity contribution is 6.00. The first kappa shape index (κ1) is 26.4. The van der Waals surface area contributed by atoms with Crippen LogP contribution in [0.3, 0.4) is 0 Å². The number of aromatic hydroxyl groups is 1. The summed E-state index contributed by atoms with van der Waals surface area (Å²) in [5.74, 6) is 1.66. The minimum atomic E-state index is -0.357. The molecular formula is C32H35N3O4. The third-order valence-corrected chi connectivity index (χ3v) is 7.32. The van der Waals surface area contributed by atoms with Crippen molar-refractivity contribution in [2.24, 2.45) is 0 Å². The Hall–Kier alpha value is -4.26. The van der Waals surface area contributed by atoms with Crippen LogP contribution in [0.2, 0.25) is 0 Å². The minimum Gasteiger partial charge on any atom is -0.507 e. The Morgan fingerprint density at radius 1 is 1.03 bits per heavy atom. The molecule has 0 spiro atoms. The maximum atomic E-state index is 13.8. The number of amides is 1. The molecular weight excluding hydrogens is 490 g/mol. The fourth-order valence-corrected chi connectivity index (χ4v) is 5.34. The number of aromatic amines is 1. The highest BCUT2D eigenvalue weighted by Crippen LogP contribution is 2.45. The van der Waals surface area contributed by atoms with Crippen LogP contribution in [0.25, 0.3) is 11.3 Å². The van der Waals surface area contributed by atoms with Crippen molar-refractivity contribution in [3.05, 3.63) is 94.2 Å². The van der Waals surface area contributed by atoms with Gasteiger partial charge in [0.15, 0.2) is 0 Å². The number of aryl methyl sites for hydroxylation is 2. The maximum absolute atomic E-state index is 13.8. The molecule has 1 aliphatic heterocycles. The number of phenols is 1. The molecule has 0 saturated carbocycles. The fraction of sp³-hybridized carbons (Fsp3) is 0.312. The molecule has 4 aromatic rings. The summed E-state index contributed by atoms with van der Waals surface area (Å²) in [5.41, 5.74) is 6.46. The first-order valence-corrected chi connectivity index (χ1v) is 13.5. The summed E-state index contributed by atoms with van der Waals surface area (Å²) in [6, 6.07) is 19.3. The molecule has 0 saturated heterocycles. The van der Waals surface area contributed by atoms with Gasteiger partial charge in [0.1, 0.15) is 28.6 Å². The lowest BCUT2D eigenvalue weighted by atomic mass is 9.93. The number of hydrogen-bond acceptors (Lipinski definition) is 5. The summed E-state index contributed by atoms with van der Waals surface area (Å²) < 4.78 is 11.2. The van der Waals surface area contributed by atoms with Crippen LogP contribution in [-0.2, 0) is 6.42 Å². The van der Waals surface area contributed by atoms with E-state index in [2.05, 4.69) is 17.1 Å². The number of nitrogens with zero attached hydrogens (tertiary/aromatic N) is 2. The van der Waals surface area contributed by atoms with E-state index < -0.39 is 0 Å². The number of methoxy groups -OCH3 is 1. The van der Waals surface area contributed by atoms with Crippen molar-refractivity contribution in [2.75, 3.05) is 20.3 Å². The number of phenolic OH excluding ortho intramolecular Hbond substituents is 1. The average Bonchev–Trinajstić information content (AvgIpc) is 3.46. The van der Waals surface area contributed by atoms with Crippen LogP contribution >= 0.6 is 0 Å². The number of aromatic nitrogens is 2. The summed E-state index contributed by atoms with van der Waals surface area (Å²) in [6.45, 7) is 7.23. The quantitative estimate of drug-likeness (QED) is 0.235. The van der Waals surface area contributed by atoms with Gasteiger partial charge in [-0.1, -0.05) is 43.7 Å². The number of H-pyrrole nitrogens is 1. The molecule has 7 nitrogen and oxygen atoms in total. The van der Waals surface area contributed by atoms with Crippen molar-refractivity contribution in [1.29, 1.82) is 0 Å². The van der Waals surface area contributed by atoms with Gasteiger partial charge in [0.25, 0.3) is 5.91 Å². The summed E-state index contributed by atoms with van der Waals surface area (Å²) in [7, 11) is 1.65. The second-order valence-corrected chi connectivity index (χ2v) is 10.1. The average molecular weight is 526 g/mol. The summed E-state index contributed by atoms with van der Waals surface area (Å²) in [5, 5.41) is 18.5. The lowest BCUT2D eigenvalue weighted by Gasteiger charge is -2.27. The second-order valence-electron chi connectivity index (χ2n) is 10.1. The van der Waals surface area contributed by atoms with Gasteiger partial charge in [-0.2, -0.15) is 5.10 Å². The highest BCUT2D eigenvalue weighted by Gasteiger charge is 2.42. The minimum absolute atomic E-state index is 0.102. The van der Waals surface area contributed by atoms with Gasteiger partial charge in [-0.05, 0) is 79.3 Å². The van der Waals surface area contributed by atoms with Gasteiger partial charge in [-0.25, -0.2) is 0 Å². The molecule has 0 radical (unpaired) electrons. The molecule has 5 rings (SSSR count). The van der Waals surface area contributed by atoms with Gasteiger partial charge in [0.2, 0.25) is 0 Å². The van der Waals surface area contributed by atoms with Crippen molar-refractivity contribution in [3.63, 3.8) is 0 Å². The second kappa shape index (κ2) is 11.2. The van der Waals surface area contributed by atoms with E-state index in [0.29, 0.717) is 36.5 Å². The molecule has 0 aliphatic carbocycles. The Morgan fingerprint density at radius 2 is 1.74 bits per heavy atom.